The minimum Gasteiger partial charge on any atom is -0.381 e. The zero-order valence-corrected chi connectivity index (χ0v) is 21.8. The van der Waals surface area contributed by atoms with Gasteiger partial charge in [-0.25, -0.2) is 0 Å². The molecule has 0 aromatic heterocycles. The highest BCUT2D eigenvalue weighted by molar-refractivity contribution is 8.01. The van der Waals surface area contributed by atoms with Crippen molar-refractivity contribution in [3.8, 4) is 0 Å². The first-order valence-corrected chi connectivity index (χ1v) is 13.5. The Labute approximate surface area is 194 Å². The van der Waals surface area contributed by atoms with Gasteiger partial charge in [-0.2, -0.15) is 0 Å². The third-order valence-corrected chi connectivity index (χ3v) is 11.1. The van der Waals surface area contributed by atoms with E-state index in [1.165, 1.54) is 19.3 Å². The summed E-state index contributed by atoms with van der Waals surface area (Å²) in [6, 6.07) is 0. The van der Waals surface area contributed by atoms with Crippen molar-refractivity contribution >= 4 is 17.5 Å². The Morgan fingerprint density at radius 2 is 1.81 bits per heavy atom. The Morgan fingerprint density at radius 3 is 2.45 bits per heavy atom. The van der Waals surface area contributed by atoms with E-state index in [1.54, 1.807) is 7.11 Å². The fourth-order valence-corrected chi connectivity index (χ4v) is 8.93. The van der Waals surface area contributed by atoms with E-state index in [9.17, 15) is 4.79 Å². The zero-order valence-electron chi connectivity index (χ0n) is 21.0. The van der Waals surface area contributed by atoms with E-state index in [2.05, 4.69) is 34.6 Å². The van der Waals surface area contributed by atoms with Gasteiger partial charge in [-0.15, -0.1) is 11.8 Å². The molecule has 0 N–H and O–H groups in total. The van der Waals surface area contributed by atoms with Crippen LogP contribution in [0, 0.1) is 28.6 Å². The zero-order chi connectivity index (χ0) is 22.9. The first-order chi connectivity index (χ1) is 14.7. The van der Waals surface area contributed by atoms with Gasteiger partial charge in [-0.1, -0.05) is 40.5 Å². The molecule has 31 heavy (non-hydrogen) atoms. The number of hydrogen-bond donors (Lipinski definition) is 0. The first-order valence-electron chi connectivity index (χ1n) is 12.5. The number of unbranched alkanes of at least 4 members (excludes halogenated alkanes) is 2. The SMILES string of the molecule is CCCCCS[C@]1(C)CC(OCOC)[C@@]2(C)C3[C@H](OC)CCC3(CC[C@H]2C)[C@@H](C)C1=O. The third kappa shape index (κ3) is 4.26. The van der Waals surface area contributed by atoms with E-state index in [0.717, 1.165) is 37.9 Å². The van der Waals surface area contributed by atoms with Gasteiger partial charge in [-0.05, 0) is 68.5 Å². The molecule has 0 amide bonds. The lowest BCUT2D eigenvalue weighted by Crippen LogP contribution is -2.63. The second-order valence-electron chi connectivity index (χ2n) is 11.0. The average Bonchev–Trinajstić information content (AvgIpc) is 3.16. The molecular formula is C26H46O4S. The number of Topliss-reactive ketones (excluding diaryl/α,β-unsaturated/α-hetero) is 1. The summed E-state index contributed by atoms with van der Waals surface area (Å²) >= 11 is 1.89. The molecule has 0 aliphatic heterocycles. The van der Waals surface area contributed by atoms with Crippen molar-refractivity contribution in [2.45, 2.75) is 103 Å². The van der Waals surface area contributed by atoms with Gasteiger partial charge in [0.25, 0.3) is 0 Å². The number of methoxy groups -OCH3 is 2. The molecule has 5 heteroatoms. The van der Waals surface area contributed by atoms with Gasteiger partial charge in [-0.3, -0.25) is 4.79 Å². The molecule has 0 saturated heterocycles. The molecule has 0 spiro atoms. The monoisotopic (exact) mass is 454 g/mol. The van der Waals surface area contributed by atoms with E-state index in [4.69, 9.17) is 14.2 Å². The summed E-state index contributed by atoms with van der Waals surface area (Å²) in [5.41, 5.74) is -0.00643. The minimum absolute atomic E-state index is 0.0111. The molecule has 180 valence electrons. The van der Waals surface area contributed by atoms with Crippen LogP contribution in [-0.2, 0) is 19.0 Å². The lowest BCUT2D eigenvalue weighted by atomic mass is 9.45. The van der Waals surface area contributed by atoms with E-state index >= 15 is 0 Å². The van der Waals surface area contributed by atoms with Gasteiger partial charge >= 0.3 is 0 Å². The number of carbonyl (C=O) groups excluding carboxylic acids is 1. The molecular weight excluding hydrogens is 408 g/mol. The maximum Gasteiger partial charge on any atom is 0.152 e. The summed E-state index contributed by atoms with van der Waals surface area (Å²) in [5, 5.41) is 0. The molecule has 0 aromatic rings. The molecule has 4 nitrogen and oxygen atoms in total. The van der Waals surface area contributed by atoms with E-state index in [1.807, 2.05) is 18.9 Å². The highest BCUT2D eigenvalue weighted by atomic mass is 32.2. The molecule has 3 rings (SSSR count). The smallest absolute Gasteiger partial charge is 0.152 e. The van der Waals surface area contributed by atoms with Gasteiger partial charge in [0.15, 0.2) is 5.78 Å². The highest BCUT2D eigenvalue weighted by Gasteiger charge is 2.68. The predicted octanol–water partition coefficient (Wildman–Crippen LogP) is 6.11. The van der Waals surface area contributed by atoms with Crippen molar-refractivity contribution in [1.29, 1.82) is 0 Å². The molecule has 3 aliphatic carbocycles. The Morgan fingerprint density at radius 1 is 1.10 bits per heavy atom. The van der Waals surface area contributed by atoms with Crippen LogP contribution in [0.1, 0.15) is 86.0 Å². The number of hydrogen-bond acceptors (Lipinski definition) is 5. The molecule has 3 aliphatic rings. The van der Waals surface area contributed by atoms with Crippen molar-refractivity contribution in [2.75, 3.05) is 26.8 Å². The number of ketones is 1. The van der Waals surface area contributed by atoms with Crippen molar-refractivity contribution in [3.05, 3.63) is 0 Å². The Kier molecular flexibility index (Phi) is 8.26. The second kappa shape index (κ2) is 10.0. The van der Waals surface area contributed by atoms with Gasteiger partial charge in [0.1, 0.15) is 6.79 Å². The minimum atomic E-state index is -0.410. The average molecular weight is 455 g/mol. The number of rotatable bonds is 9. The molecule has 2 bridgehead atoms. The van der Waals surface area contributed by atoms with Gasteiger partial charge in [0.05, 0.1) is 17.0 Å². The van der Waals surface area contributed by atoms with Crippen LogP contribution < -0.4 is 0 Å². The van der Waals surface area contributed by atoms with Crippen LogP contribution in [0.5, 0.6) is 0 Å². The summed E-state index contributed by atoms with van der Waals surface area (Å²) in [4.78, 5) is 14.2. The van der Waals surface area contributed by atoms with Crippen molar-refractivity contribution in [2.24, 2.45) is 28.6 Å². The van der Waals surface area contributed by atoms with E-state index < -0.39 is 4.75 Å². The van der Waals surface area contributed by atoms with Gasteiger partial charge in [0.2, 0.25) is 0 Å². The van der Waals surface area contributed by atoms with Crippen LogP contribution in [-0.4, -0.2) is 49.5 Å². The molecule has 3 fully saturated rings. The van der Waals surface area contributed by atoms with Crippen molar-refractivity contribution in [3.63, 3.8) is 0 Å². The summed E-state index contributed by atoms with van der Waals surface area (Å²) in [7, 11) is 3.55. The van der Waals surface area contributed by atoms with Crippen LogP contribution in [0.4, 0.5) is 0 Å². The Hall–Kier alpha value is -0.100. The van der Waals surface area contributed by atoms with Gasteiger partial charge in [0, 0.05) is 25.6 Å². The molecule has 3 unspecified atom stereocenters. The summed E-state index contributed by atoms with van der Waals surface area (Å²) in [6.07, 6.45) is 9.02. The van der Waals surface area contributed by atoms with Crippen molar-refractivity contribution in [1.82, 2.24) is 0 Å². The molecule has 8 atom stereocenters. The highest BCUT2D eigenvalue weighted by Crippen LogP contribution is 2.68. The number of thioether (sulfide) groups is 1. The fraction of sp³-hybridized carbons (Fsp3) is 0.962. The number of carbonyl (C=O) groups is 1. The summed E-state index contributed by atoms with van der Waals surface area (Å²) < 4.78 is 17.6. The maximum atomic E-state index is 14.2. The van der Waals surface area contributed by atoms with Crippen LogP contribution in [0.15, 0.2) is 0 Å². The van der Waals surface area contributed by atoms with E-state index in [-0.39, 0.29) is 35.7 Å². The second-order valence-corrected chi connectivity index (χ2v) is 12.6. The molecule has 0 radical (unpaired) electrons. The lowest BCUT2D eigenvalue weighted by Gasteiger charge is -2.62. The quantitative estimate of drug-likeness (QED) is 0.310. The van der Waals surface area contributed by atoms with Gasteiger partial charge < -0.3 is 14.2 Å². The van der Waals surface area contributed by atoms with Crippen LogP contribution in [0.25, 0.3) is 0 Å². The summed E-state index contributed by atoms with van der Waals surface area (Å²) in [6.45, 7) is 11.8. The Bertz CT molecular complexity index is 627. The maximum absolute atomic E-state index is 14.2. The normalized spacial score (nSPS) is 45.3. The lowest BCUT2D eigenvalue weighted by molar-refractivity contribution is -0.211. The van der Waals surface area contributed by atoms with Crippen molar-refractivity contribution < 1.29 is 19.0 Å². The number of ether oxygens (including phenoxy) is 3. The molecule has 3 saturated carbocycles. The Balaban J connectivity index is 2.06. The van der Waals surface area contributed by atoms with Crippen LogP contribution >= 0.6 is 11.8 Å². The largest absolute Gasteiger partial charge is 0.381 e. The van der Waals surface area contributed by atoms with Crippen LogP contribution in [0.3, 0.4) is 0 Å². The fourth-order valence-electron chi connectivity index (χ4n) is 7.54. The topological polar surface area (TPSA) is 44.8 Å². The predicted molar refractivity (Wildman–Crippen MR) is 128 cm³/mol. The molecule has 0 aromatic carbocycles. The molecule has 0 heterocycles. The standard InChI is InChI=1S/C26H46O4S/c1-8-9-10-15-31-24(4)16-21(30-17-28-6)25(5)18(2)11-13-26(19(3)23(24)27)14-12-20(29-7)22(25)26/h18-22H,8-17H2,1-7H3/t18-,19+,20-,21?,22?,24-,25+,26?/m1/s1. The first kappa shape index (κ1) is 25.5. The summed E-state index contributed by atoms with van der Waals surface area (Å²) in [5.74, 6) is 2.43. The van der Waals surface area contributed by atoms with Crippen LogP contribution in [0.2, 0.25) is 0 Å². The third-order valence-electron chi connectivity index (χ3n) is 9.56. The van der Waals surface area contributed by atoms with E-state index in [0.29, 0.717) is 17.6 Å².